The van der Waals surface area contributed by atoms with E-state index in [1.165, 1.54) is 0 Å². The normalized spacial score (nSPS) is 24.6. The van der Waals surface area contributed by atoms with Crippen LogP contribution >= 0.6 is 11.3 Å². The fourth-order valence-electron chi connectivity index (χ4n) is 3.28. The number of aromatic nitrogens is 1. The van der Waals surface area contributed by atoms with Crippen molar-refractivity contribution in [3.8, 4) is 11.3 Å². The van der Waals surface area contributed by atoms with Gasteiger partial charge in [-0.3, -0.25) is 4.79 Å². The van der Waals surface area contributed by atoms with Gasteiger partial charge in [-0.05, 0) is 26.0 Å². The predicted molar refractivity (Wildman–Crippen MR) is 102 cm³/mol. The van der Waals surface area contributed by atoms with Crippen LogP contribution < -0.4 is 11.1 Å². The van der Waals surface area contributed by atoms with Crippen LogP contribution in [0.5, 0.6) is 0 Å². The standard InChI is InChI=1S/C19H25N3O2S/c1-5-24-16-10-19(20,18(16,3)4)17(23)22-14-8-6-13(7-9-14)15-11-25-12(2)21-15/h6-9,11,16H,5,10,20H2,1-4H3,(H,22,23). The smallest absolute Gasteiger partial charge is 0.245 e. The first-order valence-corrected chi connectivity index (χ1v) is 9.40. The molecule has 5 nitrogen and oxygen atoms in total. The van der Waals surface area contributed by atoms with Crippen molar-refractivity contribution in [1.29, 1.82) is 0 Å². The minimum absolute atomic E-state index is 0.0172. The fourth-order valence-corrected chi connectivity index (χ4v) is 3.91. The van der Waals surface area contributed by atoms with E-state index in [1.807, 2.05) is 57.3 Å². The molecule has 1 saturated carbocycles. The van der Waals surface area contributed by atoms with Crippen LogP contribution in [-0.4, -0.2) is 29.1 Å². The Hall–Kier alpha value is -1.76. The van der Waals surface area contributed by atoms with Gasteiger partial charge in [0.15, 0.2) is 0 Å². The largest absolute Gasteiger partial charge is 0.378 e. The highest BCUT2D eigenvalue weighted by molar-refractivity contribution is 7.09. The van der Waals surface area contributed by atoms with E-state index in [4.69, 9.17) is 10.5 Å². The van der Waals surface area contributed by atoms with E-state index in [1.54, 1.807) is 11.3 Å². The number of aryl methyl sites for hydroxylation is 1. The van der Waals surface area contributed by atoms with Crippen molar-refractivity contribution in [2.45, 2.75) is 45.8 Å². The summed E-state index contributed by atoms with van der Waals surface area (Å²) in [5, 5.41) is 6.02. The summed E-state index contributed by atoms with van der Waals surface area (Å²) < 4.78 is 5.69. The first kappa shape index (κ1) is 18.0. The van der Waals surface area contributed by atoms with Crippen molar-refractivity contribution in [2.24, 2.45) is 11.1 Å². The molecule has 25 heavy (non-hydrogen) atoms. The van der Waals surface area contributed by atoms with Crippen LogP contribution in [0.4, 0.5) is 5.69 Å². The molecule has 134 valence electrons. The second-order valence-electron chi connectivity index (χ2n) is 7.12. The van der Waals surface area contributed by atoms with Gasteiger partial charge in [-0.2, -0.15) is 0 Å². The number of hydrogen-bond donors (Lipinski definition) is 2. The minimum Gasteiger partial charge on any atom is -0.378 e. The monoisotopic (exact) mass is 359 g/mol. The average Bonchev–Trinajstić information content (AvgIpc) is 3.01. The second-order valence-corrected chi connectivity index (χ2v) is 8.19. The topological polar surface area (TPSA) is 77.2 Å². The van der Waals surface area contributed by atoms with Gasteiger partial charge in [0.05, 0.1) is 16.8 Å². The summed E-state index contributed by atoms with van der Waals surface area (Å²) in [4.78, 5) is 17.2. The van der Waals surface area contributed by atoms with Crippen molar-refractivity contribution in [2.75, 3.05) is 11.9 Å². The molecule has 0 aliphatic heterocycles. The Morgan fingerprint density at radius 1 is 1.40 bits per heavy atom. The number of ether oxygens (including phenoxy) is 1. The molecule has 2 aromatic rings. The van der Waals surface area contributed by atoms with Gasteiger partial charge >= 0.3 is 0 Å². The van der Waals surface area contributed by atoms with Gasteiger partial charge < -0.3 is 15.8 Å². The predicted octanol–water partition coefficient (Wildman–Crippen LogP) is 3.59. The zero-order chi connectivity index (χ0) is 18.2. The molecule has 3 rings (SSSR count). The van der Waals surface area contributed by atoms with Crippen molar-refractivity contribution >= 4 is 22.9 Å². The van der Waals surface area contributed by atoms with Crippen molar-refractivity contribution in [1.82, 2.24) is 4.98 Å². The molecule has 2 atom stereocenters. The van der Waals surface area contributed by atoms with E-state index in [9.17, 15) is 4.79 Å². The Morgan fingerprint density at radius 2 is 2.08 bits per heavy atom. The third kappa shape index (κ3) is 3.10. The summed E-state index contributed by atoms with van der Waals surface area (Å²) >= 11 is 1.62. The molecular weight excluding hydrogens is 334 g/mol. The molecule has 6 heteroatoms. The number of rotatable bonds is 5. The number of nitrogens with zero attached hydrogens (tertiary/aromatic N) is 1. The molecule has 1 aliphatic rings. The van der Waals surface area contributed by atoms with Crippen LogP contribution in [0, 0.1) is 12.3 Å². The summed E-state index contributed by atoms with van der Waals surface area (Å²) in [6, 6.07) is 7.69. The Labute approximate surface area is 152 Å². The minimum atomic E-state index is -0.919. The molecule has 0 spiro atoms. The number of hydrogen-bond acceptors (Lipinski definition) is 5. The number of amides is 1. The van der Waals surface area contributed by atoms with E-state index in [2.05, 4.69) is 10.3 Å². The summed E-state index contributed by atoms with van der Waals surface area (Å²) in [5.74, 6) is -0.161. The molecule has 0 radical (unpaired) electrons. The van der Waals surface area contributed by atoms with Gasteiger partial charge in [0, 0.05) is 35.1 Å². The van der Waals surface area contributed by atoms with Crippen LogP contribution in [0.1, 0.15) is 32.2 Å². The van der Waals surface area contributed by atoms with Gasteiger partial charge in [0.2, 0.25) is 5.91 Å². The van der Waals surface area contributed by atoms with Crippen LogP contribution in [0.3, 0.4) is 0 Å². The fraction of sp³-hybridized carbons (Fsp3) is 0.474. The number of thiazole rings is 1. The van der Waals surface area contributed by atoms with Crippen LogP contribution in [0.15, 0.2) is 29.6 Å². The van der Waals surface area contributed by atoms with Gasteiger partial charge in [-0.1, -0.05) is 26.0 Å². The molecule has 0 bridgehead atoms. The molecule has 1 aromatic heterocycles. The Kier molecular flexibility index (Phi) is 4.70. The Morgan fingerprint density at radius 3 is 2.60 bits per heavy atom. The highest BCUT2D eigenvalue weighted by atomic mass is 32.1. The lowest BCUT2D eigenvalue weighted by Gasteiger charge is -2.57. The molecule has 1 aliphatic carbocycles. The first-order chi connectivity index (χ1) is 11.8. The number of nitrogens with two attached hydrogens (primary N) is 1. The lowest BCUT2D eigenvalue weighted by Crippen LogP contribution is -2.74. The number of carbonyl (C=O) groups is 1. The highest BCUT2D eigenvalue weighted by Gasteiger charge is 2.62. The molecule has 0 saturated heterocycles. The van der Waals surface area contributed by atoms with Gasteiger partial charge in [0.25, 0.3) is 0 Å². The van der Waals surface area contributed by atoms with E-state index in [0.29, 0.717) is 13.0 Å². The number of carbonyl (C=O) groups excluding carboxylic acids is 1. The first-order valence-electron chi connectivity index (χ1n) is 8.52. The van der Waals surface area contributed by atoms with E-state index >= 15 is 0 Å². The summed E-state index contributed by atoms with van der Waals surface area (Å²) in [6.45, 7) is 8.55. The third-order valence-electron chi connectivity index (χ3n) is 5.29. The van der Waals surface area contributed by atoms with Gasteiger partial charge in [0.1, 0.15) is 5.54 Å². The number of anilines is 1. The highest BCUT2D eigenvalue weighted by Crippen LogP contribution is 2.50. The summed E-state index contributed by atoms with van der Waals surface area (Å²) in [6.07, 6.45) is 0.555. The maximum absolute atomic E-state index is 12.7. The molecule has 1 aromatic carbocycles. The second kappa shape index (κ2) is 6.52. The average molecular weight is 359 g/mol. The zero-order valence-corrected chi connectivity index (χ0v) is 15.9. The van der Waals surface area contributed by atoms with Crippen LogP contribution in [0.2, 0.25) is 0 Å². The van der Waals surface area contributed by atoms with Crippen molar-refractivity contribution < 1.29 is 9.53 Å². The molecule has 1 fully saturated rings. The maximum Gasteiger partial charge on any atom is 0.245 e. The van der Waals surface area contributed by atoms with Crippen molar-refractivity contribution in [3.05, 3.63) is 34.7 Å². The van der Waals surface area contributed by atoms with E-state index < -0.39 is 11.0 Å². The Balaban J connectivity index is 1.69. The van der Waals surface area contributed by atoms with Crippen LogP contribution in [0.25, 0.3) is 11.3 Å². The number of nitrogens with one attached hydrogen (secondary N) is 1. The summed E-state index contributed by atoms with van der Waals surface area (Å²) in [5.41, 5.74) is 7.82. The van der Waals surface area contributed by atoms with Gasteiger partial charge in [-0.25, -0.2) is 4.98 Å². The van der Waals surface area contributed by atoms with E-state index in [0.717, 1.165) is 22.0 Å². The number of benzene rings is 1. The lowest BCUT2D eigenvalue weighted by molar-refractivity contribution is -0.166. The van der Waals surface area contributed by atoms with Crippen molar-refractivity contribution in [3.63, 3.8) is 0 Å². The molecule has 1 heterocycles. The third-order valence-corrected chi connectivity index (χ3v) is 6.07. The molecule has 2 unspecified atom stereocenters. The quantitative estimate of drug-likeness (QED) is 0.855. The van der Waals surface area contributed by atoms with Gasteiger partial charge in [-0.15, -0.1) is 11.3 Å². The SMILES string of the molecule is CCOC1CC(N)(C(=O)Nc2ccc(-c3csc(C)n3)cc2)C1(C)C. The Bertz CT molecular complexity index is 769. The molecular formula is C19H25N3O2S. The molecule has 3 N–H and O–H groups in total. The zero-order valence-electron chi connectivity index (χ0n) is 15.1. The van der Waals surface area contributed by atoms with E-state index in [-0.39, 0.29) is 12.0 Å². The lowest BCUT2D eigenvalue weighted by atomic mass is 9.54. The van der Waals surface area contributed by atoms with Crippen LogP contribution in [-0.2, 0) is 9.53 Å². The molecule has 1 amide bonds. The maximum atomic E-state index is 12.7. The summed E-state index contributed by atoms with van der Waals surface area (Å²) in [7, 11) is 0.